The Kier molecular flexibility index (Phi) is 9.63. The molecule has 8 heteroatoms. The molecule has 230 valence electrons. The number of nitrogens with zero attached hydrogens (tertiary/aromatic N) is 3. The maximum atomic E-state index is 13.8. The van der Waals surface area contributed by atoms with Gasteiger partial charge in [-0.25, -0.2) is 4.79 Å². The zero-order valence-electron chi connectivity index (χ0n) is 26.1. The van der Waals surface area contributed by atoms with Gasteiger partial charge in [0, 0.05) is 28.0 Å². The number of benzene rings is 3. The van der Waals surface area contributed by atoms with Gasteiger partial charge in [0.15, 0.2) is 5.76 Å². The fourth-order valence-electron chi connectivity index (χ4n) is 5.20. The first-order chi connectivity index (χ1) is 21.9. The van der Waals surface area contributed by atoms with Crippen LogP contribution < -0.4 is 15.3 Å². The molecule has 8 nitrogen and oxygen atoms in total. The maximum Gasteiger partial charge on any atom is 0.338 e. The summed E-state index contributed by atoms with van der Waals surface area (Å²) in [6.45, 7) is 13.9. The normalized spacial score (nSPS) is 15.7. The first kappa shape index (κ1) is 31.1. The highest BCUT2D eigenvalue weighted by Gasteiger charge is 2.35. The van der Waals surface area contributed by atoms with E-state index in [0.717, 1.165) is 44.9 Å². The molecule has 0 saturated carbocycles. The summed E-state index contributed by atoms with van der Waals surface area (Å²) in [6.07, 6.45) is 5.69. The number of ether oxygens (including phenoxy) is 3. The molecule has 1 fully saturated rings. The number of aliphatic imine (C=N–C) groups is 1. The molecule has 0 radical (unpaired) electrons. The van der Waals surface area contributed by atoms with Crippen LogP contribution >= 0.6 is 0 Å². The highest BCUT2D eigenvalue weighted by molar-refractivity contribution is 6.10. The number of carbonyl (C=O) groups is 2. The largest absolute Gasteiger partial charge is 0.494 e. The molecule has 0 N–H and O–H groups in total. The van der Waals surface area contributed by atoms with Crippen LogP contribution in [0.2, 0.25) is 0 Å². The minimum Gasteiger partial charge on any atom is -0.494 e. The Morgan fingerprint density at radius 3 is 2.36 bits per heavy atom. The van der Waals surface area contributed by atoms with Gasteiger partial charge in [-0.05, 0) is 93.4 Å². The van der Waals surface area contributed by atoms with Crippen molar-refractivity contribution >= 4 is 47.1 Å². The Balaban J connectivity index is 1.52. The molecule has 1 aromatic heterocycles. The van der Waals surface area contributed by atoms with Crippen molar-refractivity contribution in [3.8, 4) is 5.75 Å². The number of carbonyl (C=O) groups excluding carboxylic acids is 2. The quantitative estimate of drug-likeness (QED) is 0.164. The van der Waals surface area contributed by atoms with Crippen LogP contribution in [0, 0.1) is 0 Å². The number of esters is 1. The lowest BCUT2D eigenvalue weighted by Gasteiger charge is -2.14. The number of aromatic nitrogens is 1. The molecular formula is C37H37N3O5. The van der Waals surface area contributed by atoms with Crippen molar-refractivity contribution in [3.05, 3.63) is 118 Å². The monoisotopic (exact) mass is 603 g/mol. The van der Waals surface area contributed by atoms with Gasteiger partial charge < -0.3 is 18.8 Å². The van der Waals surface area contributed by atoms with Gasteiger partial charge in [0.05, 0.1) is 31.0 Å². The maximum absolute atomic E-state index is 13.8. The molecule has 1 amide bonds. The molecule has 0 aliphatic carbocycles. The van der Waals surface area contributed by atoms with E-state index >= 15 is 0 Å². The molecule has 1 saturated heterocycles. The Hall–Kier alpha value is -5.37. The second-order valence-corrected chi connectivity index (χ2v) is 10.3. The molecule has 0 unspecified atom stereocenters. The summed E-state index contributed by atoms with van der Waals surface area (Å²) in [5.41, 5.74) is 3.73. The topological polar surface area (TPSA) is 82.4 Å². The number of fused-ring (bicyclic) bond motifs is 1. The van der Waals surface area contributed by atoms with Crippen molar-refractivity contribution in [1.82, 2.24) is 9.47 Å². The Bertz CT molecular complexity index is 1920. The molecule has 1 aliphatic rings. The molecule has 5 rings (SSSR count). The van der Waals surface area contributed by atoms with E-state index in [0.29, 0.717) is 17.9 Å². The van der Waals surface area contributed by atoms with Gasteiger partial charge in [-0.3, -0.25) is 9.69 Å². The highest BCUT2D eigenvalue weighted by Crippen LogP contribution is 2.26. The van der Waals surface area contributed by atoms with Crippen LogP contribution in [0.1, 0.15) is 43.6 Å². The van der Waals surface area contributed by atoms with Gasteiger partial charge in [-0.1, -0.05) is 43.0 Å². The number of rotatable bonds is 10. The van der Waals surface area contributed by atoms with Crippen LogP contribution in [-0.2, 0) is 27.4 Å². The number of amides is 1. The lowest BCUT2D eigenvalue weighted by atomic mass is 10.1. The minimum atomic E-state index is -0.408. The van der Waals surface area contributed by atoms with Crippen molar-refractivity contribution in [2.24, 2.45) is 4.99 Å². The van der Waals surface area contributed by atoms with E-state index in [9.17, 15) is 9.59 Å². The molecule has 45 heavy (non-hydrogen) atoms. The predicted octanol–water partition coefficient (Wildman–Crippen LogP) is 6.00. The van der Waals surface area contributed by atoms with E-state index in [1.165, 1.54) is 4.90 Å². The molecule has 2 heterocycles. The van der Waals surface area contributed by atoms with Gasteiger partial charge >= 0.3 is 12.0 Å². The van der Waals surface area contributed by atoms with E-state index in [1.807, 2.05) is 62.4 Å². The van der Waals surface area contributed by atoms with Gasteiger partial charge in [-0.15, -0.1) is 0 Å². The van der Waals surface area contributed by atoms with Crippen molar-refractivity contribution in [3.63, 3.8) is 0 Å². The number of para-hydroxylation sites is 1. The summed E-state index contributed by atoms with van der Waals surface area (Å²) in [4.78, 5) is 32.1. The van der Waals surface area contributed by atoms with Crippen molar-refractivity contribution in [2.75, 3.05) is 13.2 Å². The third-order valence-electron chi connectivity index (χ3n) is 7.45. The number of hydrogen-bond donors (Lipinski definition) is 0. The summed E-state index contributed by atoms with van der Waals surface area (Å²) in [7, 11) is 0. The number of amidine groups is 1. The van der Waals surface area contributed by atoms with Crippen LogP contribution in [0.5, 0.6) is 5.75 Å². The fourth-order valence-corrected chi connectivity index (χ4v) is 5.20. The second kappa shape index (κ2) is 13.9. The number of aryl methyl sites for hydroxylation is 1. The summed E-state index contributed by atoms with van der Waals surface area (Å²) in [6, 6.07) is 22.6. The molecule has 0 atom stereocenters. The third-order valence-corrected chi connectivity index (χ3v) is 7.45. The predicted molar refractivity (Wildman–Crippen MR) is 177 cm³/mol. The first-order valence-electron chi connectivity index (χ1n) is 15.1. The zero-order valence-corrected chi connectivity index (χ0v) is 26.1. The SMILES string of the molecule is C=c1\c(=C/C(=C\C)/C=C2/O/C(=N\c3ccc(C(=O)OCC)cc3)N(Cc3ccc(OCC)cc3)C2=O)c2ccccc2n1CC. The molecule has 4 aromatic rings. The standard InChI is InChI=1S/C37H37N3O5/c1-6-26(22-32-25(5)39(7-2)33-13-11-10-12-31(32)33)23-34-35(41)40(24-27-14-20-30(21-15-27)43-8-3)37(45-34)38-29-18-16-28(17-19-29)36(42)44-9-4/h6,10-23H,5,7-9,24H2,1-4H3/b26-6+,32-22+,34-23+,38-37-. The Morgan fingerprint density at radius 2 is 1.69 bits per heavy atom. The fraction of sp³-hybridized carbons (Fsp3) is 0.216. The van der Waals surface area contributed by atoms with Gasteiger partial charge in [0.1, 0.15) is 5.75 Å². The van der Waals surface area contributed by atoms with Crippen LogP contribution in [0.15, 0.2) is 101 Å². The first-order valence-corrected chi connectivity index (χ1v) is 15.1. The molecule has 3 aromatic carbocycles. The molecule has 0 bridgehead atoms. The van der Waals surface area contributed by atoms with Crippen molar-refractivity contribution in [2.45, 2.75) is 40.8 Å². The minimum absolute atomic E-state index is 0.139. The zero-order chi connectivity index (χ0) is 31.9. The number of hydrogen-bond acceptors (Lipinski definition) is 6. The summed E-state index contributed by atoms with van der Waals surface area (Å²) < 4.78 is 19.0. The van der Waals surface area contributed by atoms with Crippen LogP contribution in [0.4, 0.5) is 5.69 Å². The molecular weight excluding hydrogens is 566 g/mol. The molecule has 1 aliphatic heterocycles. The van der Waals surface area contributed by atoms with Crippen LogP contribution in [-0.4, -0.2) is 40.6 Å². The van der Waals surface area contributed by atoms with Gasteiger partial charge in [0.2, 0.25) is 0 Å². The van der Waals surface area contributed by atoms with E-state index < -0.39 is 5.97 Å². The molecule has 0 spiro atoms. The highest BCUT2D eigenvalue weighted by atomic mass is 16.5. The summed E-state index contributed by atoms with van der Waals surface area (Å²) in [5, 5.41) is 2.98. The smallest absolute Gasteiger partial charge is 0.338 e. The van der Waals surface area contributed by atoms with E-state index in [4.69, 9.17) is 14.2 Å². The lowest BCUT2D eigenvalue weighted by Crippen LogP contribution is -2.29. The Morgan fingerprint density at radius 1 is 0.956 bits per heavy atom. The van der Waals surface area contributed by atoms with E-state index in [-0.39, 0.29) is 30.8 Å². The lowest BCUT2D eigenvalue weighted by molar-refractivity contribution is -0.123. The Labute approximate surface area is 262 Å². The van der Waals surface area contributed by atoms with E-state index in [2.05, 4.69) is 35.2 Å². The van der Waals surface area contributed by atoms with Crippen molar-refractivity contribution < 1.29 is 23.8 Å². The van der Waals surface area contributed by atoms with Crippen LogP contribution in [0.3, 0.4) is 0 Å². The van der Waals surface area contributed by atoms with Gasteiger partial charge in [0.25, 0.3) is 5.91 Å². The van der Waals surface area contributed by atoms with Gasteiger partial charge in [-0.2, -0.15) is 4.99 Å². The second-order valence-electron chi connectivity index (χ2n) is 10.3. The van der Waals surface area contributed by atoms with Crippen LogP contribution in [0.25, 0.3) is 23.6 Å². The summed E-state index contributed by atoms with van der Waals surface area (Å²) in [5.74, 6) is 0.180. The average molecular weight is 604 g/mol. The third kappa shape index (κ3) is 6.75. The summed E-state index contributed by atoms with van der Waals surface area (Å²) >= 11 is 0. The number of allylic oxidation sites excluding steroid dienone is 3. The van der Waals surface area contributed by atoms with Crippen molar-refractivity contribution in [1.29, 1.82) is 0 Å². The van der Waals surface area contributed by atoms with E-state index in [1.54, 1.807) is 37.3 Å². The average Bonchev–Trinajstić information content (AvgIpc) is 3.49.